The van der Waals surface area contributed by atoms with Crippen molar-refractivity contribution in [2.24, 2.45) is 0 Å². The first-order chi connectivity index (χ1) is 9.90. The van der Waals surface area contributed by atoms with Crippen LogP contribution in [0, 0.1) is 0 Å². The number of hydrogen-bond acceptors (Lipinski definition) is 4. The monoisotopic (exact) mass is 334 g/mol. The van der Waals surface area contributed by atoms with Crippen molar-refractivity contribution < 1.29 is 14.3 Å². The van der Waals surface area contributed by atoms with Crippen molar-refractivity contribution in [3.05, 3.63) is 22.2 Å². The van der Waals surface area contributed by atoms with Crippen LogP contribution in [0.15, 0.2) is 12.1 Å². The zero-order valence-electron chi connectivity index (χ0n) is 12.1. The Kier molecular flexibility index (Phi) is 7.82. The second-order valence-corrected chi connectivity index (χ2v) is 5.53. The summed E-state index contributed by atoms with van der Waals surface area (Å²) in [5.74, 6) is -0.226. The third-order valence-corrected chi connectivity index (χ3v) is 3.02. The van der Waals surface area contributed by atoms with Crippen LogP contribution in [0.1, 0.15) is 20.3 Å². The van der Waals surface area contributed by atoms with Gasteiger partial charge in [0.25, 0.3) is 0 Å². The number of carbonyl (C=O) groups is 1. The molecular weight excluding hydrogens is 315 g/mol. The largest absolute Gasteiger partial charge is 0.397 e. The quantitative estimate of drug-likeness (QED) is 0.564. The standard InChI is InChI=1S/C14H20Cl2N2O3/c1-9(2)21-6-5-20-4-3-13(19)18-14-11(16)7-10(15)8-12(14)17/h7-9H,3-6,17H2,1-2H3,(H,18,19). The van der Waals surface area contributed by atoms with Crippen LogP contribution in [0.5, 0.6) is 0 Å². The van der Waals surface area contributed by atoms with Crippen LogP contribution in [-0.4, -0.2) is 31.8 Å². The van der Waals surface area contributed by atoms with E-state index in [4.69, 9.17) is 38.4 Å². The Morgan fingerprint density at radius 2 is 2.00 bits per heavy atom. The zero-order chi connectivity index (χ0) is 15.8. The maximum absolute atomic E-state index is 11.8. The number of hydrogen-bond donors (Lipinski definition) is 2. The van der Waals surface area contributed by atoms with Crippen LogP contribution in [0.2, 0.25) is 10.0 Å². The fourth-order valence-corrected chi connectivity index (χ4v) is 2.09. The van der Waals surface area contributed by atoms with Crippen LogP contribution < -0.4 is 11.1 Å². The zero-order valence-corrected chi connectivity index (χ0v) is 13.6. The number of benzene rings is 1. The Morgan fingerprint density at radius 3 is 2.62 bits per heavy atom. The number of ether oxygens (including phenoxy) is 2. The van der Waals surface area contributed by atoms with Crippen molar-refractivity contribution in [1.29, 1.82) is 0 Å². The van der Waals surface area contributed by atoms with Gasteiger partial charge in [-0.2, -0.15) is 0 Å². The normalized spacial score (nSPS) is 10.9. The molecule has 0 aliphatic heterocycles. The van der Waals surface area contributed by atoms with Gasteiger partial charge in [0.15, 0.2) is 0 Å². The van der Waals surface area contributed by atoms with Gasteiger partial charge in [0.1, 0.15) is 0 Å². The Morgan fingerprint density at radius 1 is 1.29 bits per heavy atom. The molecule has 118 valence electrons. The van der Waals surface area contributed by atoms with Gasteiger partial charge in [-0.25, -0.2) is 0 Å². The number of carbonyl (C=O) groups excluding carboxylic acids is 1. The number of amides is 1. The molecule has 0 bridgehead atoms. The van der Waals surface area contributed by atoms with Gasteiger partial charge in [0.2, 0.25) is 5.91 Å². The summed E-state index contributed by atoms with van der Waals surface area (Å²) in [6.45, 7) is 5.17. The van der Waals surface area contributed by atoms with Crippen molar-refractivity contribution >= 4 is 40.5 Å². The Balaban J connectivity index is 2.31. The second-order valence-electron chi connectivity index (χ2n) is 4.68. The fraction of sp³-hybridized carbons (Fsp3) is 0.500. The second kappa shape index (κ2) is 9.10. The van der Waals surface area contributed by atoms with E-state index in [1.54, 1.807) is 0 Å². The topological polar surface area (TPSA) is 73.6 Å². The Bertz CT molecular complexity index is 458. The highest BCUT2D eigenvalue weighted by atomic mass is 35.5. The van der Waals surface area contributed by atoms with Gasteiger partial charge < -0.3 is 20.5 Å². The SMILES string of the molecule is CC(C)OCCOCCC(=O)Nc1c(N)cc(Cl)cc1Cl. The molecule has 3 N–H and O–H groups in total. The van der Waals surface area contributed by atoms with Crippen LogP contribution in [0.3, 0.4) is 0 Å². The number of anilines is 2. The molecule has 0 aliphatic carbocycles. The molecule has 1 aromatic rings. The molecule has 5 nitrogen and oxygen atoms in total. The molecule has 0 saturated heterocycles. The molecule has 1 aromatic carbocycles. The Hall–Kier alpha value is -1.01. The van der Waals surface area contributed by atoms with Crippen LogP contribution in [-0.2, 0) is 14.3 Å². The average Bonchev–Trinajstić information content (AvgIpc) is 2.37. The molecule has 0 aliphatic rings. The summed E-state index contributed by atoms with van der Waals surface area (Å²) in [5, 5.41) is 3.37. The van der Waals surface area contributed by atoms with Crippen molar-refractivity contribution in [3.63, 3.8) is 0 Å². The maximum atomic E-state index is 11.8. The van der Waals surface area contributed by atoms with Crippen molar-refractivity contribution in [3.8, 4) is 0 Å². The van der Waals surface area contributed by atoms with E-state index in [1.807, 2.05) is 13.8 Å². The fourth-order valence-electron chi connectivity index (χ4n) is 1.54. The molecule has 0 radical (unpaired) electrons. The van der Waals surface area contributed by atoms with E-state index in [9.17, 15) is 4.79 Å². The van der Waals surface area contributed by atoms with Gasteiger partial charge in [-0.15, -0.1) is 0 Å². The molecule has 7 heteroatoms. The molecule has 1 amide bonds. The van der Waals surface area contributed by atoms with Crippen molar-refractivity contribution in [2.45, 2.75) is 26.4 Å². The first kappa shape index (κ1) is 18.0. The number of halogens is 2. The van der Waals surface area contributed by atoms with E-state index in [2.05, 4.69) is 5.32 Å². The van der Waals surface area contributed by atoms with Crippen molar-refractivity contribution in [2.75, 3.05) is 30.9 Å². The molecule has 0 fully saturated rings. The van der Waals surface area contributed by atoms with Crippen LogP contribution in [0.4, 0.5) is 11.4 Å². The Labute approximate surface area is 134 Å². The minimum Gasteiger partial charge on any atom is -0.397 e. The van der Waals surface area contributed by atoms with Gasteiger partial charge >= 0.3 is 0 Å². The minimum atomic E-state index is -0.226. The highest BCUT2D eigenvalue weighted by molar-refractivity contribution is 6.37. The lowest BCUT2D eigenvalue weighted by atomic mass is 10.2. The summed E-state index contributed by atoms with van der Waals surface area (Å²) < 4.78 is 10.6. The van der Waals surface area contributed by atoms with E-state index >= 15 is 0 Å². The predicted octanol–water partition coefficient (Wildman–Crippen LogP) is 3.35. The summed E-state index contributed by atoms with van der Waals surface area (Å²) in [4.78, 5) is 11.8. The lowest BCUT2D eigenvalue weighted by Gasteiger charge is -2.11. The first-order valence-electron chi connectivity index (χ1n) is 6.64. The highest BCUT2D eigenvalue weighted by Crippen LogP contribution is 2.32. The summed E-state index contributed by atoms with van der Waals surface area (Å²) in [6.07, 6.45) is 0.381. The molecular formula is C14H20Cl2N2O3. The maximum Gasteiger partial charge on any atom is 0.226 e. The lowest BCUT2D eigenvalue weighted by molar-refractivity contribution is -0.117. The predicted molar refractivity (Wildman–Crippen MR) is 86.0 cm³/mol. The third kappa shape index (κ3) is 7.00. The molecule has 0 heterocycles. The highest BCUT2D eigenvalue weighted by Gasteiger charge is 2.10. The van der Waals surface area contributed by atoms with E-state index < -0.39 is 0 Å². The van der Waals surface area contributed by atoms with Gasteiger partial charge in [-0.3, -0.25) is 4.79 Å². The minimum absolute atomic E-state index is 0.173. The molecule has 0 aromatic heterocycles. The first-order valence-corrected chi connectivity index (χ1v) is 7.39. The smallest absolute Gasteiger partial charge is 0.226 e. The summed E-state index contributed by atoms with van der Waals surface area (Å²) in [6, 6.07) is 3.05. The molecule has 0 saturated carbocycles. The lowest BCUT2D eigenvalue weighted by Crippen LogP contribution is -2.17. The van der Waals surface area contributed by atoms with E-state index in [0.717, 1.165) is 0 Å². The van der Waals surface area contributed by atoms with Crippen LogP contribution >= 0.6 is 23.2 Å². The number of rotatable bonds is 8. The van der Waals surface area contributed by atoms with Gasteiger partial charge in [-0.05, 0) is 26.0 Å². The molecule has 21 heavy (non-hydrogen) atoms. The van der Waals surface area contributed by atoms with E-state index in [1.165, 1.54) is 12.1 Å². The molecule has 0 spiro atoms. The summed E-state index contributed by atoms with van der Waals surface area (Å²) in [7, 11) is 0. The van der Waals surface area contributed by atoms with Gasteiger partial charge in [0, 0.05) is 5.02 Å². The van der Waals surface area contributed by atoms with E-state index in [0.29, 0.717) is 41.2 Å². The average molecular weight is 335 g/mol. The van der Waals surface area contributed by atoms with Gasteiger partial charge in [-0.1, -0.05) is 23.2 Å². The molecule has 0 atom stereocenters. The molecule has 0 unspecified atom stereocenters. The summed E-state index contributed by atoms with van der Waals surface area (Å²) in [5.41, 5.74) is 6.46. The van der Waals surface area contributed by atoms with Gasteiger partial charge in [0.05, 0.1) is 48.7 Å². The number of nitrogens with two attached hydrogens (primary N) is 1. The third-order valence-electron chi connectivity index (χ3n) is 2.50. The summed E-state index contributed by atoms with van der Waals surface area (Å²) >= 11 is 11.8. The molecule has 1 rings (SSSR count). The van der Waals surface area contributed by atoms with Crippen molar-refractivity contribution in [1.82, 2.24) is 0 Å². The number of nitrogen functional groups attached to an aromatic ring is 1. The van der Waals surface area contributed by atoms with Crippen LogP contribution in [0.25, 0.3) is 0 Å². The van der Waals surface area contributed by atoms with E-state index in [-0.39, 0.29) is 18.4 Å². The number of nitrogens with one attached hydrogen (secondary N) is 1.